The molecule has 0 saturated heterocycles. The molecule has 5 nitrogen and oxygen atoms in total. The molecule has 5 rings (SSSR count). The number of hydrogen-bond donors (Lipinski definition) is 1. The van der Waals surface area contributed by atoms with Crippen LogP contribution in [0.2, 0.25) is 0 Å². The summed E-state index contributed by atoms with van der Waals surface area (Å²) < 4.78 is 14.1. The monoisotopic (exact) mass is 376 g/mol. The van der Waals surface area contributed by atoms with Crippen LogP contribution in [0.3, 0.4) is 0 Å². The molecule has 1 aromatic carbocycles. The predicted molar refractivity (Wildman–Crippen MR) is 110 cm³/mol. The van der Waals surface area contributed by atoms with Gasteiger partial charge in [-0.05, 0) is 74.4 Å². The highest BCUT2D eigenvalue weighted by molar-refractivity contribution is 5.99. The quantitative estimate of drug-likeness (QED) is 0.511. The smallest absolute Gasteiger partial charge is 0.195 e. The lowest BCUT2D eigenvalue weighted by molar-refractivity contribution is 0.411. The van der Waals surface area contributed by atoms with E-state index in [9.17, 15) is 5.11 Å². The summed E-state index contributed by atoms with van der Waals surface area (Å²) in [6.45, 7) is 6.93. The topological polar surface area (TPSA) is 60.4 Å². The van der Waals surface area contributed by atoms with Crippen molar-refractivity contribution in [3.05, 3.63) is 41.1 Å². The van der Waals surface area contributed by atoms with E-state index >= 15 is 0 Å². The molecule has 0 spiro atoms. The number of phenols is 1. The summed E-state index contributed by atoms with van der Waals surface area (Å²) in [5.74, 6) is 2.07. The number of methoxy groups -OCH3 is 1. The number of benzene rings is 1. The third kappa shape index (κ3) is 2.42. The van der Waals surface area contributed by atoms with Gasteiger partial charge >= 0.3 is 0 Å². The van der Waals surface area contributed by atoms with Crippen LogP contribution in [0.4, 0.5) is 0 Å². The van der Waals surface area contributed by atoms with Crippen molar-refractivity contribution in [3.63, 3.8) is 0 Å². The molecule has 5 heteroatoms. The van der Waals surface area contributed by atoms with Gasteiger partial charge in [0.05, 0.1) is 7.11 Å². The van der Waals surface area contributed by atoms with Gasteiger partial charge in [-0.25, -0.2) is 4.98 Å². The summed E-state index contributed by atoms with van der Waals surface area (Å²) in [5, 5.41) is 12.5. The Hall–Kier alpha value is -2.95. The Morgan fingerprint density at radius 3 is 2.64 bits per heavy atom. The Morgan fingerprint density at radius 2 is 1.93 bits per heavy atom. The highest BCUT2D eigenvalue weighted by Crippen LogP contribution is 2.47. The molecule has 0 amide bonds. The van der Waals surface area contributed by atoms with Crippen LogP contribution >= 0.6 is 0 Å². The van der Waals surface area contributed by atoms with Crippen LogP contribution < -0.4 is 4.74 Å². The van der Waals surface area contributed by atoms with E-state index in [2.05, 4.69) is 22.9 Å². The zero-order valence-electron chi connectivity index (χ0n) is 16.7. The summed E-state index contributed by atoms with van der Waals surface area (Å²) in [7, 11) is 1.60. The first kappa shape index (κ1) is 17.2. The van der Waals surface area contributed by atoms with Crippen LogP contribution in [0.1, 0.15) is 29.5 Å². The third-order valence-electron chi connectivity index (χ3n) is 6.12. The zero-order valence-corrected chi connectivity index (χ0v) is 16.7. The van der Waals surface area contributed by atoms with Gasteiger partial charge < -0.3 is 18.8 Å². The maximum atomic E-state index is 10.8. The van der Waals surface area contributed by atoms with E-state index < -0.39 is 0 Å². The number of aromatic hydroxyl groups is 1. The van der Waals surface area contributed by atoms with Gasteiger partial charge in [0, 0.05) is 18.1 Å². The molecule has 3 heterocycles. The zero-order chi connectivity index (χ0) is 19.6. The van der Waals surface area contributed by atoms with Gasteiger partial charge in [-0.3, -0.25) is 0 Å². The van der Waals surface area contributed by atoms with E-state index in [1.165, 1.54) is 12.8 Å². The Bertz CT molecular complexity index is 1230. The standard InChI is InChI=1S/C23H24N2O3/c1-12-13(2)19(26)18-20(14(12)3)28-21(22(18)27-4)17-8-7-16-9-10-25(23(16)24-17)11-15-5-6-15/h7-10,15,26H,5-6,11H2,1-4H3. The van der Waals surface area contributed by atoms with Crippen molar-refractivity contribution in [1.82, 2.24) is 9.55 Å². The minimum absolute atomic E-state index is 0.211. The summed E-state index contributed by atoms with van der Waals surface area (Å²) >= 11 is 0. The number of ether oxygens (including phenoxy) is 1. The van der Waals surface area contributed by atoms with Crippen molar-refractivity contribution in [2.45, 2.75) is 40.2 Å². The van der Waals surface area contributed by atoms with E-state index in [0.29, 0.717) is 28.2 Å². The minimum Gasteiger partial charge on any atom is -0.507 e. The molecule has 3 aromatic heterocycles. The molecule has 144 valence electrons. The van der Waals surface area contributed by atoms with Crippen LogP contribution in [0.25, 0.3) is 33.5 Å². The molecule has 0 unspecified atom stereocenters. The predicted octanol–water partition coefficient (Wildman–Crippen LogP) is 5.50. The van der Waals surface area contributed by atoms with Gasteiger partial charge in [0.15, 0.2) is 11.5 Å². The molecule has 1 fully saturated rings. The summed E-state index contributed by atoms with van der Waals surface area (Å²) in [6, 6.07) is 6.13. The van der Waals surface area contributed by atoms with Gasteiger partial charge in [-0.1, -0.05) is 0 Å². The number of fused-ring (bicyclic) bond motifs is 2. The molecule has 0 aliphatic heterocycles. The summed E-state index contributed by atoms with van der Waals surface area (Å²) in [5.41, 5.74) is 5.20. The van der Waals surface area contributed by atoms with Gasteiger partial charge in [-0.15, -0.1) is 0 Å². The van der Waals surface area contributed by atoms with Crippen LogP contribution in [0.5, 0.6) is 11.5 Å². The highest BCUT2D eigenvalue weighted by atomic mass is 16.5. The van der Waals surface area contributed by atoms with E-state index in [1.54, 1.807) is 7.11 Å². The van der Waals surface area contributed by atoms with Crippen molar-refractivity contribution in [2.75, 3.05) is 7.11 Å². The van der Waals surface area contributed by atoms with Crippen molar-refractivity contribution in [2.24, 2.45) is 5.92 Å². The van der Waals surface area contributed by atoms with Gasteiger partial charge in [0.25, 0.3) is 0 Å². The Balaban J connectivity index is 1.74. The van der Waals surface area contributed by atoms with Crippen molar-refractivity contribution in [3.8, 4) is 23.0 Å². The molecule has 0 bridgehead atoms. The minimum atomic E-state index is 0.211. The van der Waals surface area contributed by atoms with Crippen LogP contribution in [0, 0.1) is 26.7 Å². The number of hydrogen-bond acceptors (Lipinski definition) is 4. The molecular formula is C23H24N2O3. The second kappa shape index (κ2) is 6.03. The Kier molecular flexibility index (Phi) is 3.69. The fourth-order valence-corrected chi connectivity index (χ4v) is 3.99. The van der Waals surface area contributed by atoms with E-state index in [4.69, 9.17) is 14.1 Å². The lowest BCUT2D eigenvalue weighted by Gasteiger charge is -2.09. The molecule has 1 aliphatic rings. The van der Waals surface area contributed by atoms with Crippen LogP contribution in [0.15, 0.2) is 28.8 Å². The molecule has 1 saturated carbocycles. The van der Waals surface area contributed by atoms with E-state index in [-0.39, 0.29) is 5.75 Å². The average molecular weight is 376 g/mol. The lowest BCUT2D eigenvalue weighted by Crippen LogP contribution is -1.99. The van der Waals surface area contributed by atoms with E-state index in [1.807, 2.05) is 26.8 Å². The lowest BCUT2D eigenvalue weighted by atomic mass is 9.99. The van der Waals surface area contributed by atoms with Crippen molar-refractivity contribution >= 4 is 22.0 Å². The third-order valence-corrected chi connectivity index (χ3v) is 6.12. The number of furan rings is 1. The Labute approximate surface area is 163 Å². The second-order valence-corrected chi connectivity index (χ2v) is 7.91. The molecule has 4 aromatic rings. The van der Waals surface area contributed by atoms with Crippen LogP contribution in [-0.2, 0) is 6.54 Å². The Morgan fingerprint density at radius 1 is 1.14 bits per heavy atom. The van der Waals surface area contributed by atoms with Gasteiger partial charge in [0.1, 0.15) is 28.1 Å². The average Bonchev–Trinajstić information content (AvgIpc) is 3.30. The molecule has 1 aliphatic carbocycles. The first-order valence-corrected chi connectivity index (χ1v) is 9.75. The summed E-state index contributed by atoms with van der Waals surface area (Å²) in [6.07, 6.45) is 4.71. The first-order chi connectivity index (χ1) is 13.5. The highest BCUT2D eigenvalue weighted by Gasteiger charge is 2.26. The first-order valence-electron chi connectivity index (χ1n) is 9.75. The fourth-order valence-electron chi connectivity index (χ4n) is 3.99. The number of aryl methyl sites for hydroxylation is 1. The number of aromatic nitrogens is 2. The molecule has 1 N–H and O–H groups in total. The van der Waals surface area contributed by atoms with E-state index in [0.717, 1.165) is 40.2 Å². The molecule has 28 heavy (non-hydrogen) atoms. The number of rotatable bonds is 4. The molecule has 0 radical (unpaired) electrons. The second-order valence-electron chi connectivity index (χ2n) is 7.91. The maximum Gasteiger partial charge on any atom is 0.195 e. The van der Waals surface area contributed by atoms with Gasteiger partial charge in [0.2, 0.25) is 0 Å². The number of nitrogens with zero attached hydrogens (tertiary/aromatic N) is 2. The van der Waals surface area contributed by atoms with Gasteiger partial charge in [-0.2, -0.15) is 0 Å². The maximum absolute atomic E-state index is 10.8. The number of pyridine rings is 1. The van der Waals surface area contributed by atoms with Crippen molar-refractivity contribution < 1.29 is 14.3 Å². The summed E-state index contributed by atoms with van der Waals surface area (Å²) in [4.78, 5) is 4.90. The van der Waals surface area contributed by atoms with Crippen LogP contribution in [-0.4, -0.2) is 21.8 Å². The number of phenolic OH excluding ortho intramolecular Hbond substituents is 1. The normalized spacial score (nSPS) is 14.3. The van der Waals surface area contributed by atoms with Crippen molar-refractivity contribution in [1.29, 1.82) is 0 Å². The SMILES string of the molecule is COc1c(-c2ccc3ccn(CC4CC4)c3n2)oc2c(C)c(C)c(C)c(O)c12. The fraction of sp³-hybridized carbons (Fsp3) is 0.348. The molecule has 0 atom stereocenters. The molecular weight excluding hydrogens is 352 g/mol. The largest absolute Gasteiger partial charge is 0.507 e.